The van der Waals surface area contributed by atoms with Crippen molar-refractivity contribution in [1.29, 1.82) is 0 Å². The fourth-order valence-corrected chi connectivity index (χ4v) is 3.06. The molecule has 0 saturated carbocycles. The highest BCUT2D eigenvalue weighted by atomic mass is 16.2. The molecule has 1 aliphatic carbocycles. The molecule has 31 heavy (non-hydrogen) atoms. The van der Waals surface area contributed by atoms with Gasteiger partial charge in [0.2, 0.25) is 0 Å². The zero-order chi connectivity index (χ0) is 23.1. The summed E-state index contributed by atoms with van der Waals surface area (Å²) in [6.07, 6.45) is 9.30. The number of hydrogen-bond donors (Lipinski definition) is 1. The van der Waals surface area contributed by atoms with Crippen LogP contribution in [-0.4, -0.2) is 56.4 Å². The molecule has 0 aliphatic heterocycles. The molecule has 0 amide bonds. The van der Waals surface area contributed by atoms with Crippen LogP contribution < -0.4 is 5.32 Å². The van der Waals surface area contributed by atoms with Gasteiger partial charge in [-0.3, -0.25) is 14.6 Å². The van der Waals surface area contributed by atoms with Crippen LogP contribution in [0.4, 0.5) is 0 Å². The lowest BCUT2D eigenvalue weighted by molar-refractivity contribution is 0.0923. The third-order valence-electron chi connectivity index (χ3n) is 4.87. The fraction of sp³-hybridized carbons (Fsp3) is 0.346. The Bertz CT molecular complexity index is 867. The second-order valence-electron chi connectivity index (χ2n) is 6.83. The van der Waals surface area contributed by atoms with Gasteiger partial charge in [-0.05, 0) is 60.9 Å². The van der Waals surface area contributed by atoms with E-state index in [0.717, 1.165) is 10.8 Å². The molecular weight excluding hydrogens is 386 g/mol. The minimum absolute atomic E-state index is 0.0334. The zero-order valence-corrected chi connectivity index (χ0v) is 19.4. The Morgan fingerprint density at radius 1 is 0.903 bits per heavy atom. The third kappa shape index (κ3) is 8.69. The quantitative estimate of drug-likeness (QED) is 0.408. The summed E-state index contributed by atoms with van der Waals surface area (Å²) in [5, 5.41) is 4.89. The van der Waals surface area contributed by atoms with Crippen LogP contribution in [0.25, 0.3) is 10.8 Å². The number of benzene rings is 2. The number of hydrogen-bond acceptors (Lipinski definition) is 5. The summed E-state index contributed by atoms with van der Waals surface area (Å²) in [5.41, 5.74) is 1.16. The largest absolute Gasteiger partial charge is 0.394 e. The molecule has 3 rings (SSSR count). The summed E-state index contributed by atoms with van der Waals surface area (Å²) in [4.78, 5) is 29.1. The molecule has 1 N–H and O–H groups in total. The Hall–Kier alpha value is -3.05. The molecule has 5 heteroatoms. The maximum absolute atomic E-state index is 11.5. The molecule has 1 aliphatic rings. The van der Waals surface area contributed by atoms with Gasteiger partial charge in [-0.25, -0.2) is 0 Å². The van der Waals surface area contributed by atoms with Crippen LogP contribution in [0.1, 0.15) is 47.9 Å². The number of nitrogens with one attached hydrogen (secondary N) is 1. The molecule has 0 spiro atoms. The Balaban J connectivity index is 0.000000260. The van der Waals surface area contributed by atoms with E-state index in [-0.39, 0.29) is 18.0 Å². The van der Waals surface area contributed by atoms with E-state index >= 15 is 0 Å². The summed E-state index contributed by atoms with van der Waals surface area (Å²) in [6.45, 7) is 10.1. The maximum Gasteiger partial charge on any atom is 0.171 e. The first-order chi connectivity index (χ1) is 15.0. The van der Waals surface area contributed by atoms with Crippen molar-refractivity contribution in [2.24, 2.45) is 4.99 Å². The Kier molecular flexibility index (Phi) is 12.5. The van der Waals surface area contributed by atoms with E-state index < -0.39 is 0 Å². The average Bonchev–Trinajstić information content (AvgIpc) is 3.07. The number of Topliss-reactive ketones (excluding diaryl/α,β-unsaturated/α-hetero) is 2. The van der Waals surface area contributed by atoms with Crippen LogP contribution in [-0.2, 0) is 0 Å². The van der Waals surface area contributed by atoms with Gasteiger partial charge in [0.1, 0.15) is 0 Å². The predicted molar refractivity (Wildman–Crippen MR) is 132 cm³/mol. The highest BCUT2D eigenvalue weighted by Crippen LogP contribution is 2.27. The predicted octanol–water partition coefficient (Wildman–Crippen LogP) is 4.93. The molecule has 0 radical (unpaired) electrons. The first-order valence-electron chi connectivity index (χ1n) is 10.7. The lowest BCUT2D eigenvalue weighted by atomic mass is 10.0. The van der Waals surface area contributed by atoms with Crippen molar-refractivity contribution in [3.05, 3.63) is 72.0 Å². The average molecular weight is 422 g/mol. The molecule has 0 unspecified atom stereocenters. The summed E-state index contributed by atoms with van der Waals surface area (Å²) < 4.78 is 0. The normalized spacial score (nSPS) is 13.0. The topological polar surface area (TPSA) is 61.8 Å². The van der Waals surface area contributed by atoms with Crippen LogP contribution in [0, 0.1) is 0 Å². The van der Waals surface area contributed by atoms with Gasteiger partial charge in [0.25, 0.3) is 0 Å². The van der Waals surface area contributed by atoms with E-state index in [1.54, 1.807) is 13.3 Å². The molecule has 2 aromatic carbocycles. The van der Waals surface area contributed by atoms with Gasteiger partial charge in [0.05, 0.1) is 6.42 Å². The van der Waals surface area contributed by atoms with Crippen LogP contribution in [0.15, 0.2) is 65.8 Å². The van der Waals surface area contributed by atoms with E-state index in [1.165, 1.54) is 19.6 Å². The van der Waals surface area contributed by atoms with Crippen molar-refractivity contribution >= 4 is 28.6 Å². The van der Waals surface area contributed by atoms with Gasteiger partial charge in [-0.2, -0.15) is 0 Å². The second-order valence-corrected chi connectivity index (χ2v) is 6.83. The smallest absolute Gasteiger partial charge is 0.171 e. The molecule has 166 valence electrons. The Labute approximate surface area is 186 Å². The van der Waals surface area contributed by atoms with Gasteiger partial charge >= 0.3 is 0 Å². The monoisotopic (exact) mass is 421 g/mol. The Morgan fingerprint density at radius 2 is 1.42 bits per heavy atom. The van der Waals surface area contributed by atoms with Crippen LogP contribution >= 0.6 is 0 Å². The lowest BCUT2D eigenvalue weighted by Gasteiger charge is -2.13. The van der Waals surface area contributed by atoms with Crippen LogP contribution in [0.3, 0.4) is 0 Å². The van der Waals surface area contributed by atoms with Gasteiger partial charge < -0.3 is 10.2 Å². The maximum atomic E-state index is 11.5. The van der Waals surface area contributed by atoms with Gasteiger partial charge in [-0.15, -0.1) is 0 Å². The van der Waals surface area contributed by atoms with Gasteiger partial charge in [0.15, 0.2) is 11.6 Å². The standard InChI is InChI=1S/C13H8O2.C7H12N2.C6H15N/c14-12-7-13(15)11-6-9-4-2-1-3-8(9)5-10(11)12;1-8-6-4-3-5-7-9-2;1-4-7(5-2)6-3/h1-6H,7H2;3-8H,1-2H3;4-6H2,1-3H3. The minimum Gasteiger partial charge on any atom is -0.394 e. The molecule has 0 saturated heterocycles. The molecular formula is C26H35N3O2. The zero-order valence-electron chi connectivity index (χ0n) is 19.4. The number of aliphatic imine (C=N–C) groups is 1. The van der Waals surface area contributed by atoms with Gasteiger partial charge in [-0.1, -0.05) is 51.1 Å². The molecule has 0 heterocycles. The first kappa shape index (κ1) is 26.0. The highest BCUT2D eigenvalue weighted by molar-refractivity contribution is 6.25. The van der Waals surface area contributed by atoms with Crippen molar-refractivity contribution in [3.8, 4) is 0 Å². The van der Waals surface area contributed by atoms with Crippen molar-refractivity contribution in [1.82, 2.24) is 10.2 Å². The summed E-state index contributed by atoms with van der Waals surface area (Å²) >= 11 is 0. The van der Waals surface area contributed by atoms with E-state index in [1.807, 2.05) is 67.9 Å². The third-order valence-corrected chi connectivity index (χ3v) is 4.87. The number of carbonyl (C=O) groups excluding carboxylic acids is 2. The molecule has 0 fully saturated rings. The van der Waals surface area contributed by atoms with E-state index in [0.29, 0.717) is 11.1 Å². The number of allylic oxidation sites excluding steroid dienone is 3. The van der Waals surface area contributed by atoms with Crippen LogP contribution in [0.2, 0.25) is 0 Å². The Morgan fingerprint density at radius 3 is 1.81 bits per heavy atom. The van der Waals surface area contributed by atoms with E-state index in [2.05, 4.69) is 36.0 Å². The van der Waals surface area contributed by atoms with Crippen LogP contribution in [0.5, 0.6) is 0 Å². The lowest BCUT2D eigenvalue weighted by Crippen LogP contribution is -2.21. The molecule has 0 atom stereocenters. The summed E-state index contributed by atoms with van der Waals surface area (Å²) in [6, 6.07) is 11.4. The molecule has 0 aromatic heterocycles. The van der Waals surface area contributed by atoms with Crippen molar-refractivity contribution in [3.63, 3.8) is 0 Å². The number of nitrogens with zero attached hydrogens (tertiary/aromatic N) is 2. The van der Waals surface area contributed by atoms with Crippen molar-refractivity contribution in [2.45, 2.75) is 27.2 Å². The number of ketones is 2. The molecule has 0 bridgehead atoms. The van der Waals surface area contributed by atoms with Gasteiger partial charge in [0, 0.05) is 31.4 Å². The highest BCUT2D eigenvalue weighted by Gasteiger charge is 2.27. The summed E-state index contributed by atoms with van der Waals surface area (Å²) in [5.74, 6) is -0.110. The second kappa shape index (κ2) is 14.9. The van der Waals surface area contributed by atoms with Crippen molar-refractivity contribution < 1.29 is 9.59 Å². The molecule has 2 aromatic rings. The van der Waals surface area contributed by atoms with E-state index in [4.69, 9.17) is 0 Å². The fourth-order valence-electron chi connectivity index (χ4n) is 3.06. The first-order valence-corrected chi connectivity index (χ1v) is 10.7. The number of fused-ring (bicyclic) bond motifs is 2. The van der Waals surface area contributed by atoms with E-state index in [9.17, 15) is 9.59 Å². The number of rotatable bonds is 6. The minimum atomic E-state index is -0.0549. The summed E-state index contributed by atoms with van der Waals surface area (Å²) in [7, 11) is 3.60. The SMILES string of the molecule is CCN(CC)CC.CN=CC=CC=CNC.O=C1CC(=O)c2cc3ccccc3cc21. The number of carbonyl (C=O) groups is 2. The molecule has 5 nitrogen and oxygen atoms in total. The van der Waals surface area contributed by atoms with Crippen molar-refractivity contribution in [2.75, 3.05) is 33.7 Å².